The Morgan fingerprint density at radius 2 is 2.07 bits per heavy atom. The molecule has 0 heterocycles. The predicted octanol–water partition coefficient (Wildman–Crippen LogP) is 2.44. The number of ether oxygens (including phenoxy) is 1. The van der Waals surface area contributed by atoms with Crippen LogP contribution < -0.4 is 10.5 Å². The minimum absolute atomic E-state index is 0.202. The SMILES string of the molecule is COc1ccc(CC(C)(C)N)c(O)c1Br. The summed E-state index contributed by atoms with van der Waals surface area (Å²) in [4.78, 5) is 0. The first kappa shape index (κ1) is 12.3. The van der Waals surface area contributed by atoms with E-state index in [-0.39, 0.29) is 11.3 Å². The minimum atomic E-state index is -0.342. The molecule has 0 aliphatic carbocycles. The molecule has 4 heteroatoms. The van der Waals surface area contributed by atoms with Crippen LogP contribution in [0, 0.1) is 0 Å². The van der Waals surface area contributed by atoms with E-state index < -0.39 is 0 Å². The minimum Gasteiger partial charge on any atom is -0.506 e. The second-order valence-electron chi connectivity index (χ2n) is 4.25. The Balaban J connectivity index is 3.07. The highest BCUT2D eigenvalue weighted by atomic mass is 79.9. The van der Waals surface area contributed by atoms with Crippen LogP contribution in [0.5, 0.6) is 11.5 Å². The van der Waals surface area contributed by atoms with Crippen LogP contribution >= 0.6 is 15.9 Å². The zero-order chi connectivity index (χ0) is 11.6. The molecule has 0 fully saturated rings. The van der Waals surface area contributed by atoms with Gasteiger partial charge in [0.05, 0.1) is 7.11 Å². The van der Waals surface area contributed by atoms with Crippen molar-refractivity contribution < 1.29 is 9.84 Å². The molecule has 0 spiro atoms. The van der Waals surface area contributed by atoms with Gasteiger partial charge in [0.1, 0.15) is 16.0 Å². The summed E-state index contributed by atoms with van der Waals surface area (Å²) in [6, 6.07) is 3.64. The van der Waals surface area contributed by atoms with Crippen molar-refractivity contribution in [2.45, 2.75) is 25.8 Å². The van der Waals surface area contributed by atoms with Gasteiger partial charge in [-0.2, -0.15) is 0 Å². The summed E-state index contributed by atoms with van der Waals surface area (Å²) in [5, 5.41) is 9.89. The number of phenols is 1. The summed E-state index contributed by atoms with van der Waals surface area (Å²) in [7, 11) is 1.56. The van der Waals surface area contributed by atoms with E-state index in [2.05, 4.69) is 15.9 Å². The van der Waals surface area contributed by atoms with Crippen molar-refractivity contribution in [3.8, 4) is 11.5 Å². The van der Waals surface area contributed by atoms with Crippen molar-refractivity contribution in [3.63, 3.8) is 0 Å². The number of hydrogen-bond donors (Lipinski definition) is 2. The molecule has 1 aromatic carbocycles. The van der Waals surface area contributed by atoms with Gasteiger partial charge in [-0.05, 0) is 47.8 Å². The van der Waals surface area contributed by atoms with Crippen LogP contribution in [0.3, 0.4) is 0 Å². The first-order chi connectivity index (χ1) is 6.85. The van der Waals surface area contributed by atoms with Crippen molar-refractivity contribution in [1.82, 2.24) is 0 Å². The fourth-order valence-corrected chi connectivity index (χ4v) is 1.93. The summed E-state index contributed by atoms with van der Waals surface area (Å²) < 4.78 is 5.65. The molecule has 0 atom stereocenters. The zero-order valence-electron chi connectivity index (χ0n) is 9.17. The summed E-state index contributed by atoms with van der Waals surface area (Å²) in [6.07, 6.45) is 0.613. The van der Waals surface area contributed by atoms with Crippen LogP contribution in [0.1, 0.15) is 19.4 Å². The summed E-state index contributed by atoms with van der Waals surface area (Å²) >= 11 is 3.28. The van der Waals surface area contributed by atoms with Crippen LogP contribution in [0.4, 0.5) is 0 Å². The number of nitrogens with two attached hydrogens (primary N) is 1. The Bertz CT molecular complexity index is 358. The average molecular weight is 274 g/mol. The highest BCUT2D eigenvalue weighted by Crippen LogP contribution is 2.37. The number of aromatic hydroxyl groups is 1. The second kappa shape index (κ2) is 4.41. The monoisotopic (exact) mass is 273 g/mol. The molecule has 1 aromatic rings. The molecule has 1 rings (SSSR count). The molecule has 0 aromatic heterocycles. The topological polar surface area (TPSA) is 55.5 Å². The molecular weight excluding hydrogens is 258 g/mol. The molecule has 0 aliphatic rings. The van der Waals surface area contributed by atoms with Crippen molar-refractivity contribution >= 4 is 15.9 Å². The average Bonchev–Trinajstić information content (AvgIpc) is 2.11. The van der Waals surface area contributed by atoms with E-state index in [1.165, 1.54) is 0 Å². The van der Waals surface area contributed by atoms with E-state index >= 15 is 0 Å². The zero-order valence-corrected chi connectivity index (χ0v) is 10.8. The molecule has 0 unspecified atom stereocenters. The first-order valence-corrected chi connectivity index (χ1v) is 5.47. The Labute approximate surface area is 98.4 Å². The maximum absolute atomic E-state index is 9.89. The smallest absolute Gasteiger partial charge is 0.136 e. The van der Waals surface area contributed by atoms with Gasteiger partial charge < -0.3 is 15.6 Å². The molecule has 0 saturated carbocycles. The fourth-order valence-electron chi connectivity index (χ4n) is 1.38. The Hall–Kier alpha value is -0.740. The van der Waals surface area contributed by atoms with E-state index in [0.717, 1.165) is 5.56 Å². The molecule has 84 valence electrons. The summed E-state index contributed by atoms with van der Waals surface area (Å²) in [6.45, 7) is 3.84. The fraction of sp³-hybridized carbons (Fsp3) is 0.455. The number of methoxy groups -OCH3 is 1. The van der Waals surface area contributed by atoms with Gasteiger partial charge >= 0.3 is 0 Å². The quantitative estimate of drug-likeness (QED) is 0.890. The molecule has 0 radical (unpaired) electrons. The Kier molecular flexibility index (Phi) is 3.62. The lowest BCUT2D eigenvalue weighted by Crippen LogP contribution is -2.34. The first-order valence-electron chi connectivity index (χ1n) is 4.68. The van der Waals surface area contributed by atoms with Crippen molar-refractivity contribution in [2.75, 3.05) is 7.11 Å². The molecule has 0 saturated heterocycles. The maximum Gasteiger partial charge on any atom is 0.136 e. The molecule has 3 nitrogen and oxygen atoms in total. The third kappa shape index (κ3) is 3.11. The largest absolute Gasteiger partial charge is 0.506 e. The van der Waals surface area contributed by atoms with Crippen LogP contribution in [-0.4, -0.2) is 17.8 Å². The lowest BCUT2D eigenvalue weighted by atomic mass is 9.95. The number of phenolic OH excluding ortho intramolecular Hbond substituents is 1. The van der Waals surface area contributed by atoms with Gasteiger partial charge in [0.15, 0.2) is 0 Å². The Morgan fingerprint density at radius 1 is 1.47 bits per heavy atom. The van der Waals surface area contributed by atoms with Gasteiger partial charge in [-0.25, -0.2) is 0 Å². The number of rotatable bonds is 3. The van der Waals surface area contributed by atoms with E-state index in [0.29, 0.717) is 16.6 Å². The van der Waals surface area contributed by atoms with Gasteiger partial charge in [-0.1, -0.05) is 6.07 Å². The lowest BCUT2D eigenvalue weighted by Gasteiger charge is -2.20. The predicted molar refractivity (Wildman–Crippen MR) is 64.3 cm³/mol. The Morgan fingerprint density at radius 3 is 2.53 bits per heavy atom. The molecule has 0 amide bonds. The maximum atomic E-state index is 9.89. The molecule has 0 aliphatic heterocycles. The van der Waals surface area contributed by atoms with Crippen LogP contribution in [-0.2, 0) is 6.42 Å². The number of hydrogen-bond acceptors (Lipinski definition) is 3. The van der Waals surface area contributed by atoms with Gasteiger partial charge in [-0.3, -0.25) is 0 Å². The van der Waals surface area contributed by atoms with Crippen LogP contribution in [0.25, 0.3) is 0 Å². The number of halogens is 1. The normalized spacial score (nSPS) is 11.5. The third-order valence-corrected chi connectivity index (χ3v) is 2.80. The van der Waals surface area contributed by atoms with Gasteiger partial charge in [0, 0.05) is 5.54 Å². The highest BCUT2D eigenvalue weighted by Gasteiger charge is 2.17. The second-order valence-corrected chi connectivity index (χ2v) is 5.05. The van der Waals surface area contributed by atoms with E-state index in [9.17, 15) is 5.11 Å². The summed E-state index contributed by atoms with van der Waals surface area (Å²) in [5.74, 6) is 0.818. The van der Waals surface area contributed by atoms with Crippen molar-refractivity contribution in [3.05, 3.63) is 22.2 Å². The number of benzene rings is 1. The van der Waals surface area contributed by atoms with Gasteiger partial charge in [0.25, 0.3) is 0 Å². The lowest BCUT2D eigenvalue weighted by molar-refractivity contribution is 0.399. The summed E-state index contributed by atoms with van der Waals surface area (Å²) in [5.41, 5.74) is 6.37. The standard InChI is InChI=1S/C11H16BrNO2/c1-11(2,13)6-7-4-5-8(15-3)9(12)10(7)14/h4-5,14H,6,13H2,1-3H3. The van der Waals surface area contributed by atoms with E-state index in [4.69, 9.17) is 10.5 Å². The van der Waals surface area contributed by atoms with Crippen LogP contribution in [0.15, 0.2) is 16.6 Å². The molecule has 15 heavy (non-hydrogen) atoms. The molecule has 0 bridgehead atoms. The highest BCUT2D eigenvalue weighted by molar-refractivity contribution is 9.10. The molecule has 3 N–H and O–H groups in total. The van der Waals surface area contributed by atoms with Crippen LogP contribution in [0.2, 0.25) is 0 Å². The van der Waals surface area contributed by atoms with Crippen molar-refractivity contribution in [2.24, 2.45) is 5.73 Å². The third-order valence-electron chi connectivity index (χ3n) is 2.03. The van der Waals surface area contributed by atoms with Gasteiger partial charge in [-0.15, -0.1) is 0 Å². The van der Waals surface area contributed by atoms with E-state index in [1.54, 1.807) is 7.11 Å². The van der Waals surface area contributed by atoms with E-state index in [1.807, 2.05) is 26.0 Å². The van der Waals surface area contributed by atoms with Crippen molar-refractivity contribution in [1.29, 1.82) is 0 Å². The molecular formula is C11H16BrNO2. The van der Waals surface area contributed by atoms with Gasteiger partial charge in [0.2, 0.25) is 0 Å².